The molecule has 0 saturated carbocycles. The van der Waals surface area contributed by atoms with Gasteiger partial charge < -0.3 is 21.1 Å². The fourth-order valence-electron chi connectivity index (χ4n) is 1.88. The molecule has 2 rings (SSSR count). The first-order valence-corrected chi connectivity index (χ1v) is 7.16. The standard InChI is InChI=1S/C16H16ClN3O3/c1-23-14-8-12(19-15(21)9-18)6-7-13(14)20-16(22)10-2-4-11(17)5-3-10/h2-8H,9,18H2,1H3,(H,19,21)(H,20,22). The predicted molar refractivity (Wildman–Crippen MR) is 90.1 cm³/mol. The van der Waals surface area contributed by atoms with Crippen molar-refractivity contribution in [3.63, 3.8) is 0 Å². The van der Waals surface area contributed by atoms with Gasteiger partial charge in [-0.15, -0.1) is 0 Å². The normalized spacial score (nSPS) is 10.0. The van der Waals surface area contributed by atoms with Crippen molar-refractivity contribution in [2.75, 3.05) is 24.3 Å². The Kier molecular flexibility index (Phi) is 5.56. The fourth-order valence-corrected chi connectivity index (χ4v) is 2.01. The number of benzene rings is 2. The largest absolute Gasteiger partial charge is 0.494 e. The molecule has 0 fully saturated rings. The van der Waals surface area contributed by atoms with Gasteiger partial charge in [0.25, 0.3) is 5.91 Å². The van der Waals surface area contributed by atoms with Crippen molar-refractivity contribution >= 4 is 34.8 Å². The Morgan fingerprint density at radius 1 is 1.13 bits per heavy atom. The molecule has 0 bridgehead atoms. The lowest BCUT2D eigenvalue weighted by molar-refractivity contribution is -0.114. The molecule has 2 amide bonds. The van der Waals surface area contributed by atoms with Crippen molar-refractivity contribution in [2.45, 2.75) is 0 Å². The van der Waals surface area contributed by atoms with Gasteiger partial charge in [0, 0.05) is 22.3 Å². The van der Waals surface area contributed by atoms with E-state index < -0.39 is 0 Å². The van der Waals surface area contributed by atoms with Crippen LogP contribution in [0.3, 0.4) is 0 Å². The van der Waals surface area contributed by atoms with Crippen LogP contribution < -0.4 is 21.1 Å². The van der Waals surface area contributed by atoms with E-state index in [2.05, 4.69) is 10.6 Å². The number of ether oxygens (including phenoxy) is 1. The number of nitrogens with one attached hydrogen (secondary N) is 2. The van der Waals surface area contributed by atoms with E-state index in [1.807, 2.05) is 0 Å². The van der Waals surface area contributed by atoms with Gasteiger partial charge in [0.15, 0.2) is 0 Å². The fraction of sp³-hybridized carbons (Fsp3) is 0.125. The van der Waals surface area contributed by atoms with Crippen molar-refractivity contribution in [3.8, 4) is 5.75 Å². The Hall–Kier alpha value is -2.57. The summed E-state index contributed by atoms with van der Waals surface area (Å²) in [5.41, 5.74) is 6.73. The second-order valence-corrected chi connectivity index (χ2v) is 5.06. The topological polar surface area (TPSA) is 93.4 Å². The van der Waals surface area contributed by atoms with Crippen LogP contribution in [-0.2, 0) is 4.79 Å². The van der Waals surface area contributed by atoms with Gasteiger partial charge in [0.1, 0.15) is 5.75 Å². The van der Waals surface area contributed by atoms with Crippen LogP contribution in [0.4, 0.5) is 11.4 Å². The maximum Gasteiger partial charge on any atom is 0.255 e. The van der Waals surface area contributed by atoms with E-state index in [1.54, 1.807) is 42.5 Å². The monoisotopic (exact) mass is 333 g/mol. The van der Waals surface area contributed by atoms with Crippen molar-refractivity contribution in [1.29, 1.82) is 0 Å². The highest BCUT2D eigenvalue weighted by atomic mass is 35.5. The molecule has 23 heavy (non-hydrogen) atoms. The van der Waals surface area contributed by atoms with E-state index in [-0.39, 0.29) is 18.4 Å². The van der Waals surface area contributed by atoms with E-state index in [1.165, 1.54) is 7.11 Å². The molecule has 2 aromatic carbocycles. The predicted octanol–water partition coefficient (Wildman–Crippen LogP) is 2.50. The molecule has 0 aliphatic heterocycles. The van der Waals surface area contributed by atoms with Gasteiger partial charge in [-0.05, 0) is 36.4 Å². The Bertz CT molecular complexity index is 717. The second-order valence-electron chi connectivity index (χ2n) is 4.63. The highest BCUT2D eigenvalue weighted by molar-refractivity contribution is 6.30. The molecular weight excluding hydrogens is 318 g/mol. The molecule has 6 nitrogen and oxygen atoms in total. The number of anilines is 2. The molecule has 2 aromatic rings. The van der Waals surface area contributed by atoms with E-state index in [9.17, 15) is 9.59 Å². The summed E-state index contributed by atoms with van der Waals surface area (Å²) in [7, 11) is 1.47. The highest BCUT2D eigenvalue weighted by Crippen LogP contribution is 2.28. The Labute approximate surface area is 138 Å². The van der Waals surface area contributed by atoms with Crippen LogP contribution >= 0.6 is 11.6 Å². The molecule has 7 heteroatoms. The second kappa shape index (κ2) is 7.62. The zero-order valence-corrected chi connectivity index (χ0v) is 13.2. The van der Waals surface area contributed by atoms with Crippen molar-refractivity contribution in [3.05, 3.63) is 53.1 Å². The average Bonchev–Trinajstić information content (AvgIpc) is 2.56. The van der Waals surface area contributed by atoms with Crippen molar-refractivity contribution < 1.29 is 14.3 Å². The molecule has 0 spiro atoms. The van der Waals surface area contributed by atoms with Crippen LogP contribution in [0.1, 0.15) is 10.4 Å². The summed E-state index contributed by atoms with van der Waals surface area (Å²) in [6.45, 7) is -0.114. The number of hydrogen-bond donors (Lipinski definition) is 3. The molecule has 0 unspecified atom stereocenters. The Morgan fingerprint density at radius 3 is 2.43 bits per heavy atom. The van der Waals surface area contributed by atoms with Gasteiger partial charge in [-0.25, -0.2) is 0 Å². The first-order chi connectivity index (χ1) is 11.0. The van der Waals surface area contributed by atoms with Crippen molar-refractivity contribution in [2.24, 2.45) is 5.73 Å². The molecule has 0 atom stereocenters. The van der Waals surface area contributed by atoms with Crippen LogP contribution in [0.2, 0.25) is 5.02 Å². The van der Waals surface area contributed by atoms with Gasteiger partial charge in [0.05, 0.1) is 19.3 Å². The third-order valence-corrected chi connectivity index (χ3v) is 3.28. The lowest BCUT2D eigenvalue weighted by Gasteiger charge is -2.12. The lowest BCUT2D eigenvalue weighted by Crippen LogP contribution is -2.21. The van der Waals surface area contributed by atoms with Crippen LogP contribution in [0, 0.1) is 0 Å². The summed E-state index contributed by atoms with van der Waals surface area (Å²) >= 11 is 5.80. The minimum atomic E-state index is -0.315. The minimum absolute atomic E-state index is 0.114. The summed E-state index contributed by atoms with van der Waals surface area (Å²) in [5, 5.41) is 5.92. The summed E-state index contributed by atoms with van der Waals surface area (Å²) in [4.78, 5) is 23.5. The molecule has 0 radical (unpaired) electrons. The number of halogens is 1. The average molecular weight is 334 g/mol. The zero-order chi connectivity index (χ0) is 16.8. The van der Waals surface area contributed by atoms with Gasteiger partial charge in [0.2, 0.25) is 5.91 Å². The third kappa shape index (κ3) is 4.45. The van der Waals surface area contributed by atoms with E-state index >= 15 is 0 Å². The zero-order valence-electron chi connectivity index (χ0n) is 12.4. The van der Waals surface area contributed by atoms with Crippen LogP contribution in [0.25, 0.3) is 0 Å². The number of amides is 2. The van der Waals surface area contributed by atoms with Crippen molar-refractivity contribution in [1.82, 2.24) is 0 Å². The SMILES string of the molecule is COc1cc(NC(=O)CN)ccc1NC(=O)c1ccc(Cl)cc1. The molecule has 4 N–H and O–H groups in total. The molecule has 0 aromatic heterocycles. The van der Waals surface area contributed by atoms with Crippen LogP contribution in [0.15, 0.2) is 42.5 Å². The number of methoxy groups -OCH3 is 1. The Balaban J connectivity index is 2.17. The quantitative estimate of drug-likeness (QED) is 0.783. The Morgan fingerprint density at radius 2 is 1.83 bits per heavy atom. The van der Waals surface area contributed by atoms with E-state index in [0.717, 1.165) is 0 Å². The summed E-state index contributed by atoms with van der Waals surface area (Å²) in [5.74, 6) is -0.189. The highest BCUT2D eigenvalue weighted by Gasteiger charge is 2.11. The smallest absolute Gasteiger partial charge is 0.255 e. The number of carbonyl (C=O) groups is 2. The number of hydrogen-bond acceptors (Lipinski definition) is 4. The van der Waals surface area contributed by atoms with Gasteiger partial charge in [-0.1, -0.05) is 11.6 Å². The van der Waals surface area contributed by atoms with Gasteiger partial charge in [-0.2, -0.15) is 0 Å². The molecule has 0 saturated heterocycles. The minimum Gasteiger partial charge on any atom is -0.494 e. The maximum absolute atomic E-state index is 12.2. The molecule has 0 aliphatic carbocycles. The first kappa shape index (κ1) is 16.8. The number of nitrogens with two attached hydrogens (primary N) is 1. The third-order valence-electron chi connectivity index (χ3n) is 3.03. The van der Waals surface area contributed by atoms with Crippen LogP contribution in [-0.4, -0.2) is 25.5 Å². The van der Waals surface area contributed by atoms with Gasteiger partial charge in [-0.3, -0.25) is 9.59 Å². The summed E-state index contributed by atoms with van der Waals surface area (Å²) < 4.78 is 5.24. The molecule has 0 heterocycles. The maximum atomic E-state index is 12.2. The van der Waals surface area contributed by atoms with Gasteiger partial charge >= 0.3 is 0 Å². The lowest BCUT2D eigenvalue weighted by atomic mass is 10.2. The summed E-state index contributed by atoms with van der Waals surface area (Å²) in [6.07, 6.45) is 0. The molecular formula is C16H16ClN3O3. The van der Waals surface area contributed by atoms with Crippen LogP contribution in [0.5, 0.6) is 5.75 Å². The summed E-state index contributed by atoms with van der Waals surface area (Å²) in [6, 6.07) is 11.4. The number of rotatable bonds is 5. The van der Waals surface area contributed by atoms with E-state index in [0.29, 0.717) is 27.7 Å². The molecule has 120 valence electrons. The van der Waals surface area contributed by atoms with E-state index in [4.69, 9.17) is 22.1 Å². The first-order valence-electron chi connectivity index (χ1n) is 6.78. The molecule has 0 aliphatic rings. The number of carbonyl (C=O) groups excluding carboxylic acids is 2.